The van der Waals surface area contributed by atoms with Crippen molar-refractivity contribution in [1.82, 2.24) is 5.32 Å². The smallest absolute Gasteiger partial charge is 0.227 e. The first-order valence-corrected chi connectivity index (χ1v) is 6.72. The molecule has 1 amide bonds. The molecule has 2 aromatic carbocycles. The molecule has 0 bridgehead atoms. The van der Waals surface area contributed by atoms with Crippen LogP contribution in [0.4, 0.5) is 0 Å². The summed E-state index contributed by atoms with van der Waals surface area (Å²) in [4.78, 5) is 12.1. The largest absolute Gasteiger partial charge is 0.355 e. The summed E-state index contributed by atoms with van der Waals surface area (Å²) in [6.07, 6.45) is 0.889. The molecule has 1 aliphatic rings. The average molecular weight is 251 g/mol. The van der Waals surface area contributed by atoms with E-state index in [1.807, 2.05) is 36.4 Å². The number of carbonyl (C=O) groups is 1. The van der Waals surface area contributed by atoms with Crippen LogP contribution in [0.5, 0.6) is 0 Å². The van der Waals surface area contributed by atoms with E-state index in [1.165, 1.54) is 5.56 Å². The van der Waals surface area contributed by atoms with Gasteiger partial charge in [0.2, 0.25) is 5.91 Å². The Morgan fingerprint density at radius 1 is 0.842 bits per heavy atom. The van der Waals surface area contributed by atoms with E-state index in [4.69, 9.17) is 0 Å². The molecule has 96 valence electrons. The van der Waals surface area contributed by atoms with Crippen molar-refractivity contribution in [3.8, 4) is 0 Å². The summed E-state index contributed by atoms with van der Waals surface area (Å²) in [6, 6.07) is 20.5. The Labute approximate surface area is 113 Å². The van der Waals surface area contributed by atoms with Crippen LogP contribution in [0.2, 0.25) is 0 Å². The van der Waals surface area contributed by atoms with Crippen LogP contribution in [-0.2, 0) is 4.79 Å². The molecule has 2 heteroatoms. The van der Waals surface area contributed by atoms with Crippen molar-refractivity contribution >= 4 is 5.91 Å². The van der Waals surface area contributed by atoms with Gasteiger partial charge < -0.3 is 5.32 Å². The second kappa shape index (κ2) is 5.27. The van der Waals surface area contributed by atoms with E-state index >= 15 is 0 Å². The van der Waals surface area contributed by atoms with Crippen LogP contribution in [0.25, 0.3) is 0 Å². The van der Waals surface area contributed by atoms with Crippen LogP contribution in [0.3, 0.4) is 0 Å². The van der Waals surface area contributed by atoms with Gasteiger partial charge in [0.25, 0.3) is 0 Å². The van der Waals surface area contributed by atoms with Gasteiger partial charge in [-0.2, -0.15) is 0 Å². The Balaban J connectivity index is 1.84. The number of amides is 1. The lowest BCUT2D eigenvalue weighted by atomic mass is 9.82. The zero-order chi connectivity index (χ0) is 13.1. The zero-order valence-corrected chi connectivity index (χ0v) is 10.8. The van der Waals surface area contributed by atoms with E-state index in [0.29, 0.717) is 5.92 Å². The summed E-state index contributed by atoms with van der Waals surface area (Å²) >= 11 is 0. The van der Waals surface area contributed by atoms with Gasteiger partial charge in [-0.05, 0) is 17.5 Å². The van der Waals surface area contributed by atoms with Crippen LogP contribution in [0.1, 0.15) is 29.4 Å². The minimum absolute atomic E-state index is 0.0276. The molecule has 2 unspecified atom stereocenters. The highest BCUT2D eigenvalue weighted by atomic mass is 16.1. The number of hydrogen-bond acceptors (Lipinski definition) is 1. The highest BCUT2D eigenvalue weighted by Crippen LogP contribution is 2.32. The minimum Gasteiger partial charge on any atom is -0.355 e. The van der Waals surface area contributed by atoms with E-state index in [2.05, 4.69) is 29.6 Å². The second-order valence-corrected chi connectivity index (χ2v) is 5.05. The normalized spacial score (nSPS) is 22.8. The predicted octanol–water partition coefficient (Wildman–Crippen LogP) is 3.07. The van der Waals surface area contributed by atoms with Crippen molar-refractivity contribution in [2.24, 2.45) is 0 Å². The first kappa shape index (κ1) is 12.0. The predicted molar refractivity (Wildman–Crippen MR) is 76.0 cm³/mol. The van der Waals surface area contributed by atoms with Gasteiger partial charge in [-0.3, -0.25) is 4.79 Å². The Morgan fingerprint density at radius 3 is 2.05 bits per heavy atom. The first-order valence-electron chi connectivity index (χ1n) is 6.72. The lowest BCUT2D eigenvalue weighted by Crippen LogP contribution is -2.39. The Hall–Kier alpha value is -2.09. The number of nitrogens with one attached hydrogen (secondary N) is 1. The fourth-order valence-corrected chi connectivity index (χ4v) is 2.77. The lowest BCUT2D eigenvalue weighted by molar-refractivity contribution is -0.124. The van der Waals surface area contributed by atoms with E-state index in [9.17, 15) is 4.79 Å². The maximum absolute atomic E-state index is 12.1. The fraction of sp³-hybridized carbons (Fsp3) is 0.235. The van der Waals surface area contributed by atoms with E-state index in [0.717, 1.165) is 18.5 Å². The maximum Gasteiger partial charge on any atom is 0.227 e. The minimum atomic E-state index is -0.0276. The Kier molecular flexibility index (Phi) is 3.32. The first-order chi connectivity index (χ1) is 9.34. The molecule has 2 aromatic rings. The fourth-order valence-electron chi connectivity index (χ4n) is 2.77. The number of piperidine rings is 1. The third kappa shape index (κ3) is 2.53. The molecular formula is C17H17NO. The summed E-state index contributed by atoms with van der Waals surface area (Å²) in [5.41, 5.74) is 2.42. The molecule has 2 nitrogen and oxygen atoms in total. The Bertz CT molecular complexity index is 550. The molecule has 3 rings (SSSR count). The monoisotopic (exact) mass is 251 g/mol. The number of rotatable bonds is 2. The van der Waals surface area contributed by atoms with Gasteiger partial charge in [0.05, 0.1) is 5.92 Å². The van der Waals surface area contributed by atoms with Crippen LogP contribution in [0.15, 0.2) is 60.7 Å². The summed E-state index contributed by atoms with van der Waals surface area (Å²) in [6.45, 7) is 0.742. The quantitative estimate of drug-likeness (QED) is 0.873. The maximum atomic E-state index is 12.1. The molecule has 1 fully saturated rings. The van der Waals surface area contributed by atoms with E-state index in [-0.39, 0.29) is 11.8 Å². The Morgan fingerprint density at radius 2 is 1.42 bits per heavy atom. The molecule has 0 radical (unpaired) electrons. The molecule has 1 saturated heterocycles. The van der Waals surface area contributed by atoms with Gasteiger partial charge in [-0.1, -0.05) is 60.7 Å². The summed E-state index contributed by atoms with van der Waals surface area (Å²) in [7, 11) is 0. The SMILES string of the molecule is O=C1NCC(c2ccccc2)CC1c1ccccc1. The molecule has 1 heterocycles. The van der Waals surface area contributed by atoms with Gasteiger partial charge in [0.15, 0.2) is 0 Å². The molecular weight excluding hydrogens is 234 g/mol. The van der Waals surface area contributed by atoms with Gasteiger partial charge in [-0.15, -0.1) is 0 Å². The van der Waals surface area contributed by atoms with Crippen LogP contribution in [0, 0.1) is 0 Å². The number of hydrogen-bond donors (Lipinski definition) is 1. The van der Waals surface area contributed by atoms with E-state index in [1.54, 1.807) is 0 Å². The lowest BCUT2D eigenvalue weighted by Gasteiger charge is -2.29. The molecule has 1 N–H and O–H groups in total. The van der Waals surface area contributed by atoms with Crippen LogP contribution in [-0.4, -0.2) is 12.5 Å². The standard InChI is InChI=1S/C17H17NO/c19-17-16(14-9-5-2-6-10-14)11-15(12-18-17)13-7-3-1-4-8-13/h1-10,15-16H,11-12H2,(H,18,19). The molecule has 2 atom stereocenters. The molecule has 0 aromatic heterocycles. The molecule has 0 saturated carbocycles. The highest BCUT2D eigenvalue weighted by molar-refractivity contribution is 5.84. The second-order valence-electron chi connectivity index (χ2n) is 5.05. The topological polar surface area (TPSA) is 29.1 Å². The molecule has 0 spiro atoms. The highest BCUT2D eigenvalue weighted by Gasteiger charge is 2.30. The van der Waals surface area contributed by atoms with Gasteiger partial charge in [0, 0.05) is 12.5 Å². The van der Waals surface area contributed by atoms with Crippen LogP contribution < -0.4 is 5.32 Å². The van der Waals surface area contributed by atoms with Crippen molar-refractivity contribution in [3.63, 3.8) is 0 Å². The summed E-state index contributed by atoms with van der Waals surface area (Å²) in [5.74, 6) is 0.530. The van der Waals surface area contributed by atoms with Gasteiger partial charge >= 0.3 is 0 Å². The van der Waals surface area contributed by atoms with Crippen molar-refractivity contribution < 1.29 is 4.79 Å². The van der Waals surface area contributed by atoms with E-state index < -0.39 is 0 Å². The summed E-state index contributed by atoms with van der Waals surface area (Å²) in [5, 5.41) is 3.04. The van der Waals surface area contributed by atoms with Crippen molar-refractivity contribution in [1.29, 1.82) is 0 Å². The van der Waals surface area contributed by atoms with Gasteiger partial charge in [-0.25, -0.2) is 0 Å². The van der Waals surface area contributed by atoms with Gasteiger partial charge in [0.1, 0.15) is 0 Å². The summed E-state index contributed by atoms with van der Waals surface area (Å²) < 4.78 is 0. The average Bonchev–Trinajstić information content (AvgIpc) is 2.49. The zero-order valence-electron chi connectivity index (χ0n) is 10.8. The number of carbonyl (C=O) groups excluding carboxylic acids is 1. The number of benzene rings is 2. The van der Waals surface area contributed by atoms with Crippen molar-refractivity contribution in [2.75, 3.05) is 6.54 Å². The third-order valence-corrected chi connectivity index (χ3v) is 3.83. The van der Waals surface area contributed by atoms with Crippen molar-refractivity contribution in [2.45, 2.75) is 18.3 Å². The molecule has 0 aliphatic carbocycles. The third-order valence-electron chi connectivity index (χ3n) is 3.83. The molecule has 19 heavy (non-hydrogen) atoms. The van der Waals surface area contributed by atoms with Crippen LogP contribution >= 0.6 is 0 Å². The van der Waals surface area contributed by atoms with Crippen molar-refractivity contribution in [3.05, 3.63) is 71.8 Å². The molecule has 1 aliphatic heterocycles.